The average molecular weight is 407 g/mol. The molecule has 1 N–H and O–H groups in total. The molecular formula is C19H21NO7S. The van der Waals surface area contributed by atoms with Crippen LogP contribution in [0.3, 0.4) is 0 Å². The smallest absolute Gasteiger partial charge is 0.331 e. The van der Waals surface area contributed by atoms with Crippen LogP contribution in [0, 0.1) is 0 Å². The fourth-order valence-corrected chi connectivity index (χ4v) is 4.81. The SMILES string of the molecule is COC(=O)COC1COC2C(NS(=O)(=O)c3ccc4ccccc4c3)COC12. The number of hydrogen-bond donors (Lipinski definition) is 1. The molecule has 4 rings (SSSR count). The van der Waals surface area contributed by atoms with Crippen LogP contribution in [0.5, 0.6) is 0 Å². The van der Waals surface area contributed by atoms with Crippen LogP contribution < -0.4 is 4.72 Å². The summed E-state index contributed by atoms with van der Waals surface area (Å²) in [5, 5.41) is 1.81. The molecule has 2 fully saturated rings. The third kappa shape index (κ3) is 3.76. The average Bonchev–Trinajstić information content (AvgIpc) is 3.28. The molecular weight excluding hydrogens is 386 g/mol. The van der Waals surface area contributed by atoms with Gasteiger partial charge in [-0.2, -0.15) is 0 Å². The number of carbonyl (C=O) groups excluding carboxylic acids is 1. The minimum atomic E-state index is -3.75. The van der Waals surface area contributed by atoms with Gasteiger partial charge in [-0.15, -0.1) is 0 Å². The zero-order valence-electron chi connectivity index (χ0n) is 15.2. The first-order valence-electron chi connectivity index (χ1n) is 8.91. The Morgan fingerprint density at radius 1 is 1.11 bits per heavy atom. The minimum absolute atomic E-state index is 0.167. The first kappa shape index (κ1) is 19.3. The second-order valence-corrected chi connectivity index (χ2v) is 8.47. The summed E-state index contributed by atoms with van der Waals surface area (Å²) < 4.78 is 49.8. The Bertz CT molecular complexity index is 977. The van der Waals surface area contributed by atoms with Crippen LogP contribution in [0.2, 0.25) is 0 Å². The van der Waals surface area contributed by atoms with Gasteiger partial charge in [0.05, 0.1) is 31.3 Å². The van der Waals surface area contributed by atoms with E-state index in [1.807, 2.05) is 24.3 Å². The third-order valence-electron chi connectivity index (χ3n) is 4.99. The molecule has 2 saturated heterocycles. The lowest BCUT2D eigenvalue weighted by Gasteiger charge is -2.18. The van der Waals surface area contributed by atoms with Crippen LogP contribution in [0.4, 0.5) is 0 Å². The predicted octanol–water partition coefficient (Wildman–Crippen LogP) is 0.842. The Hall–Kier alpha value is -2.04. The van der Waals surface area contributed by atoms with Crippen molar-refractivity contribution in [2.45, 2.75) is 29.2 Å². The van der Waals surface area contributed by atoms with Crippen LogP contribution >= 0.6 is 0 Å². The highest BCUT2D eigenvalue weighted by Gasteiger charge is 2.49. The van der Waals surface area contributed by atoms with Crippen molar-refractivity contribution in [3.63, 3.8) is 0 Å². The van der Waals surface area contributed by atoms with E-state index in [1.54, 1.807) is 18.2 Å². The normalized spacial score (nSPS) is 27.0. The molecule has 9 heteroatoms. The molecule has 2 aromatic rings. The fraction of sp³-hybridized carbons (Fsp3) is 0.421. The summed E-state index contributed by atoms with van der Waals surface area (Å²) in [5.41, 5.74) is 0. The number of ether oxygens (including phenoxy) is 4. The molecule has 2 aromatic carbocycles. The van der Waals surface area contributed by atoms with Gasteiger partial charge in [-0.1, -0.05) is 30.3 Å². The molecule has 0 aliphatic carbocycles. The number of fused-ring (bicyclic) bond motifs is 2. The summed E-state index contributed by atoms with van der Waals surface area (Å²) in [7, 11) is -2.46. The molecule has 28 heavy (non-hydrogen) atoms. The number of hydrogen-bond acceptors (Lipinski definition) is 7. The molecule has 4 atom stereocenters. The van der Waals surface area contributed by atoms with Crippen molar-refractivity contribution in [2.24, 2.45) is 0 Å². The van der Waals surface area contributed by atoms with Crippen LogP contribution in [0.25, 0.3) is 10.8 Å². The summed E-state index contributed by atoms with van der Waals surface area (Å²) in [6.45, 7) is 0.186. The van der Waals surface area contributed by atoms with Crippen molar-refractivity contribution in [3.05, 3.63) is 42.5 Å². The molecule has 0 radical (unpaired) electrons. The molecule has 2 aliphatic heterocycles. The molecule has 0 bridgehead atoms. The van der Waals surface area contributed by atoms with E-state index >= 15 is 0 Å². The van der Waals surface area contributed by atoms with Gasteiger partial charge in [-0.25, -0.2) is 17.9 Å². The number of nitrogens with one attached hydrogen (secondary N) is 1. The van der Waals surface area contributed by atoms with E-state index in [0.717, 1.165) is 10.8 Å². The fourth-order valence-electron chi connectivity index (χ4n) is 3.54. The maximum absolute atomic E-state index is 12.8. The largest absolute Gasteiger partial charge is 0.467 e. The molecule has 0 saturated carbocycles. The van der Waals surface area contributed by atoms with Gasteiger partial charge in [0.25, 0.3) is 0 Å². The van der Waals surface area contributed by atoms with Crippen molar-refractivity contribution in [1.29, 1.82) is 0 Å². The summed E-state index contributed by atoms with van der Waals surface area (Å²) in [4.78, 5) is 11.4. The summed E-state index contributed by atoms with van der Waals surface area (Å²) in [6, 6.07) is 12.0. The number of carbonyl (C=O) groups is 1. The van der Waals surface area contributed by atoms with Gasteiger partial charge < -0.3 is 18.9 Å². The van der Waals surface area contributed by atoms with Crippen LogP contribution in [0.15, 0.2) is 47.4 Å². The van der Waals surface area contributed by atoms with E-state index in [-0.39, 0.29) is 24.7 Å². The third-order valence-corrected chi connectivity index (χ3v) is 6.48. The summed E-state index contributed by atoms with van der Waals surface area (Å²) >= 11 is 0. The van der Waals surface area contributed by atoms with E-state index in [9.17, 15) is 13.2 Å². The lowest BCUT2D eigenvalue weighted by atomic mass is 10.1. The lowest BCUT2D eigenvalue weighted by Crippen LogP contribution is -2.44. The maximum atomic E-state index is 12.8. The molecule has 150 valence electrons. The van der Waals surface area contributed by atoms with Crippen molar-refractivity contribution >= 4 is 26.8 Å². The van der Waals surface area contributed by atoms with E-state index in [2.05, 4.69) is 9.46 Å². The van der Waals surface area contributed by atoms with E-state index in [4.69, 9.17) is 14.2 Å². The summed E-state index contributed by atoms with van der Waals surface area (Å²) in [5.74, 6) is -0.491. The van der Waals surface area contributed by atoms with Crippen LogP contribution in [-0.2, 0) is 33.8 Å². The number of methoxy groups -OCH3 is 1. The highest BCUT2D eigenvalue weighted by Crippen LogP contribution is 2.30. The van der Waals surface area contributed by atoms with E-state index < -0.39 is 40.3 Å². The maximum Gasteiger partial charge on any atom is 0.331 e. The minimum Gasteiger partial charge on any atom is -0.467 e. The first-order chi connectivity index (χ1) is 13.5. The van der Waals surface area contributed by atoms with E-state index in [1.165, 1.54) is 7.11 Å². The monoisotopic (exact) mass is 407 g/mol. The van der Waals surface area contributed by atoms with Crippen molar-refractivity contribution in [3.8, 4) is 0 Å². The van der Waals surface area contributed by atoms with Crippen molar-refractivity contribution in [1.82, 2.24) is 4.72 Å². The van der Waals surface area contributed by atoms with Crippen LogP contribution in [0.1, 0.15) is 0 Å². The van der Waals surface area contributed by atoms with Gasteiger partial charge in [-0.3, -0.25) is 0 Å². The first-order valence-corrected chi connectivity index (χ1v) is 10.4. The van der Waals surface area contributed by atoms with Crippen molar-refractivity contribution < 1.29 is 32.2 Å². The second kappa shape index (κ2) is 7.76. The topological polar surface area (TPSA) is 100 Å². The van der Waals surface area contributed by atoms with Gasteiger partial charge in [0.15, 0.2) is 0 Å². The highest BCUT2D eigenvalue weighted by molar-refractivity contribution is 7.89. The van der Waals surface area contributed by atoms with Crippen molar-refractivity contribution in [2.75, 3.05) is 26.9 Å². The molecule has 0 amide bonds. The molecule has 2 aliphatic rings. The molecule has 0 aromatic heterocycles. The summed E-state index contributed by atoms with van der Waals surface area (Å²) in [6.07, 6.45) is -1.36. The second-order valence-electron chi connectivity index (χ2n) is 6.76. The zero-order chi connectivity index (χ0) is 19.7. The van der Waals surface area contributed by atoms with E-state index in [0.29, 0.717) is 0 Å². The number of rotatable bonds is 6. The van der Waals surface area contributed by atoms with Gasteiger partial charge >= 0.3 is 5.97 Å². The molecule has 2 heterocycles. The Kier molecular flexibility index (Phi) is 5.35. The van der Waals surface area contributed by atoms with Crippen LogP contribution in [-0.4, -0.2) is 65.7 Å². The van der Waals surface area contributed by atoms with Gasteiger partial charge in [0.1, 0.15) is 24.9 Å². The number of sulfonamides is 1. The number of esters is 1. The Morgan fingerprint density at radius 3 is 2.64 bits per heavy atom. The molecule has 4 unspecified atom stereocenters. The predicted molar refractivity (Wildman–Crippen MR) is 99.3 cm³/mol. The Balaban J connectivity index is 1.44. The Labute approximate surface area is 162 Å². The highest BCUT2D eigenvalue weighted by atomic mass is 32.2. The molecule has 0 spiro atoms. The zero-order valence-corrected chi connectivity index (χ0v) is 16.1. The standard InChI is InChI=1S/C19H21NO7S/c1-24-17(21)11-25-16-10-27-18-15(9-26-19(16)18)20-28(22,23)14-7-6-12-4-2-3-5-13(12)8-14/h2-8,15-16,18-20H,9-11H2,1H3. The van der Waals surface area contributed by atoms with Gasteiger partial charge in [0.2, 0.25) is 10.0 Å². The van der Waals surface area contributed by atoms with Gasteiger partial charge in [0, 0.05) is 0 Å². The molecule has 8 nitrogen and oxygen atoms in total. The lowest BCUT2D eigenvalue weighted by molar-refractivity contribution is -0.150. The quantitative estimate of drug-likeness (QED) is 0.709. The van der Waals surface area contributed by atoms with Gasteiger partial charge in [-0.05, 0) is 22.9 Å². The number of benzene rings is 2. The Morgan fingerprint density at radius 2 is 1.86 bits per heavy atom.